The minimum atomic E-state index is -0.227. The third-order valence-corrected chi connectivity index (χ3v) is 3.06. The zero-order valence-corrected chi connectivity index (χ0v) is 11.9. The van der Waals surface area contributed by atoms with E-state index in [-0.39, 0.29) is 11.9 Å². The lowest BCUT2D eigenvalue weighted by Gasteiger charge is -2.19. The normalized spacial score (nSPS) is 12.4. The van der Waals surface area contributed by atoms with Crippen LogP contribution in [0.5, 0.6) is 0 Å². The lowest BCUT2D eigenvalue weighted by Crippen LogP contribution is -3.07. The van der Waals surface area contributed by atoms with Crippen LogP contribution in [0.1, 0.15) is 28.0 Å². The molecule has 0 aliphatic heterocycles. The van der Waals surface area contributed by atoms with Gasteiger partial charge in [-0.2, -0.15) is 0 Å². The van der Waals surface area contributed by atoms with E-state index >= 15 is 0 Å². The first-order chi connectivity index (χ1) is 9.58. The molecule has 0 aromatic carbocycles. The lowest BCUT2D eigenvalue weighted by molar-refractivity contribution is -0.891. The van der Waals surface area contributed by atoms with Crippen LogP contribution in [-0.2, 0) is 0 Å². The van der Waals surface area contributed by atoms with E-state index in [9.17, 15) is 4.79 Å². The van der Waals surface area contributed by atoms with Crippen molar-refractivity contribution in [3.63, 3.8) is 0 Å². The van der Waals surface area contributed by atoms with E-state index < -0.39 is 0 Å². The highest BCUT2D eigenvalue weighted by molar-refractivity contribution is 5.91. The fourth-order valence-electron chi connectivity index (χ4n) is 1.87. The molecule has 2 aromatic rings. The molecular weight excluding hydrogens is 256 g/mol. The zero-order valence-electron chi connectivity index (χ0n) is 11.9. The number of aromatic nitrogens is 2. The maximum Gasteiger partial charge on any atom is 0.271 e. The number of hydrogen-bond acceptors (Lipinski definition) is 4. The van der Waals surface area contributed by atoms with Crippen molar-refractivity contribution in [2.75, 3.05) is 20.6 Å². The molecule has 106 valence electrons. The maximum atomic E-state index is 12.0. The van der Waals surface area contributed by atoms with Crippen LogP contribution in [0.15, 0.2) is 35.2 Å². The second-order valence-corrected chi connectivity index (χ2v) is 4.90. The van der Waals surface area contributed by atoms with E-state index in [0.29, 0.717) is 12.2 Å². The van der Waals surface area contributed by atoms with Crippen molar-refractivity contribution < 1.29 is 14.1 Å². The fourth-order valence-corrected chi connectivity index (χ4v) is 1.87. The van der Waals surface area contributed by atoms with Crippen LogP contribution in [0.4, 0.5) is 0 Å². The maximum absolute atomic E-state index is 12.0. The van der Waals surface area contributed by atoms with Gasteiger partial charge in [-0.1, -0.05) is 0 Å². The van der Waals surface area contributed by atoms with E-state index in [0.717, 1.165) is 11.5 Å². The zero-order chi connectivity index (χ0) is 14.5. The number of likely N-dealkylation sites (N-methyl/N-ethyl adjacent to an activating group) is 1. The number of furan rings is 1. The standard InChI is InChI=1S/C14H18N4O2/c1-10-7-16-11(8-15-10)14(19)17-9-12(18(2)3)13-5-4-6-20-13/h4-8,12H,9H2,1-3H3,(H,17,19)/p+1/t12-/m0/s1. The first kappa shape index (κ1) is 14.2. The second-order valence-electron chi connectivity index (χ2n) is 4.90. The number of aryl methyl sites for hydroxylation is 1. The molecule has 0 fully saturated rings. The lowest BCUT2D eigenvalue weighted by atomic mass is 10.2. The van der Waals surface area contributed by atoms with Gasteiger partial charge in [-0.25, -0.2) is 4.98 Å². The highest BCUT2D eigenvalue weighted by Crippen LogP contribution is 2.09. The molecule has 0 spiro atoms. The van der Waals surface area contributed by atoms with E-state index in [1.54, 1.807) is 12.5 Å². The molecule has 6 nitrogen and oxygen atoms in total. The van der Waals surface area contributed by atoms with Gasteiger partial charge in [0.05, 0.1) is 38.8 Å². The van der Waals surface area contributed by atoms with Gasteiger partial charge < -0.3 is 14.6 Å². The quantitative estimate of drug-likeness (QED) is 0.805. The van der Waals surface area contributed by atoms with Crippen LogP contribution in [0, 0.1) is 6.92 Å². The average molecular weight is 275 g/mol. The van der Waals surface area contributed by atoms with Crippen molar-refractivity contribution >= 4 is 5.91 Å². The Kier molecular flexibility index (Phi) is 4.47. The predicted octanol–water partition coefficient (Wildman–Crippen LogP) is -0.00638. The van der Waals surface area contributed by atoms with Crippen LogP contribution in [0.3, 0.4) is 0 Å². The Bertz CT molecular complexity index is 549. The number of rotatable bonds is 5. The molecule has 1 atom stereocenters. The molecule has 0 radical (unpaired) electrons. The van der Waals surface area contributed by atoms with Gasteiger partial charge in [0.2, 0.25) is 0 Å². The molecule has 2 aromatic heterocycles. The van der Waals surface area contributed by atoms with Crippen LogP contribution in [-0.4, -0.2) is 36.5 Å². The summed E-state index contributed by atoms with van der Waals surface area (Å²) in [6, 6.07) is 3.82. The number of carbonyl (C=O) groups is 1. The highest BCUT2D eigenvalue weighted by atomic mass is 16.3. The summed E-state index contributed by atoms with van der Waals surface area (Å²) < 4.78 is 5.41. The van der Waals surface area contributed by atoms with E-state index in [1.807, 2.05) is 33.2 Å². The summed E-state index contributed by atoms with van der Waals surface area (Å²) >= 11 is 0. The molecule has 0 aliphatic carbocycles. The summed E-state index contributed by atoms with van der Waals surface area (Å²) in [7, 11) is 4.04. The van der Waals surface area contributed by atoms with Gasteiger partial charge in [0, 0.05) is 6.20 Å². The van der Waals surface area contributed by atoms with Crippen molar-refractivity contribution in [3.8, 4) is 0 Å². The second kappa shape index (κ2) is 6.29. The Balaban J connectivity index is 1.99. The van der Waals surface area contributed by atoms with Crippen molar-refractivity contribution in [3.05, 3.63) is 47.9 Å². The van der Waals surface area contributed by atoms with Crippen LogP contribution in [0.25, 0.3) is 0 Å². The summed E-state index contributed by atoms with van der Waals surface area (Å²) in [6.45, 7) is 2.31. The van der Waals surface area contributed by atoms with Crippen LogP contribution < -0.4 is 10.2 Å². The number of carbonyl (C=O) groups excluding carboxylic acids is 1. The van der Waals surface area contributed by atoms with Crippen molar-refractivity contribution in [2.24, 2.45) is 0 Å². The summed E-state index contributed by atoms with van der Waals surface area (Å²) in [5, 5.41) is 2.87. The SMILES string of the molecule is Cc1cnc(C(=O)NC[C@@H](c2ccco2)[NH+](C)C)cn1. The predicted molar refractivity (Wildman–Crippen MR) is 73.4 cm³/mol. The number of nitrogens with zero attached hydrogens (tertiary/aromatic N) is 2. The first-order valence-corrected chi connectivity index (χ1v) is 6.48. The van der Waals surface area contributed by atoms with E-state index in [4.69, 9.17) is 4.42 Å². The molecule has 2 rings (SSSR count). The summed E-state index contributed by atoms with van der Waals surface area (Å²) in [5.41, 5.74) is 1.11. The minimum absolute atomic E-state index is 0.0624. The molecule has 1 amide bonds. The smallest absolute Gasteiger partial charge is 0.271 e. The largest absolute Gasteiger partial charge is 0.463 e. The molecule has 2 N–H and O–H groups in total. The summed E-state index contributed by atoms with van der Waals surface area (Å²) in [6.07, 6.45) is 4.70. The Hall–Kier alpha value is -2.21. The monoisotopic (exact) mass is 275 g/mol. The molecule has 0 saturated heterocycles. The molecule has 0 bridgehead atoms. The summed E-state index contributed by atoms with van der Waals surface area (Å²) in [4.78, 5) is 21.3. The fraction of sp³-hybridized carbons (Fsp3) is 0.357. The van der Waals surface area contributed by atoms with Crippen molar-refractivity contribution in [2.45, 2.75) is 13.0 Å². The van der Waals surface area contributed by atoms with Crippen LogP contribution in [0.2, 0.25) is 0 Å². The van der Waals surface area contributed by atoms with Crippen molar-refractivity contribution in [1.29, 1.82) is 0 Å². The molecule has 0 aliphatic rings. The van der Waals surface area contributed by atoms with Gasteiger partial charge in [0.1, 0.15) is 5.69 Å². The Morgan fingerprint density at radius 3 is 2.75 bits per heavy atom. The van der Waals surface area contributed by atoms with Gasteiger partial charge in [-0.05, 0) is 19.1 Å². The van der Waals surface area contributed by atoms with Gasteiger partial charge in [0.15, 0.2) is 11.8 Å². The number of nitrogens with one attached hydrogen (secondary N) is 2. The Morgan fingerprint density at radius 2 is 2.20 bits per heavy atom. The topological polar surface area (TPSA) is 72.5 Å². The van der Waals surface area contributed by atoms with Crippen molar-refractivity contribution in [1.82, 2.24) is 15.3 Å². The van der Waals surface area contributed by atoms with Gasteiger partial charge in [0.25, 0.3) is 5.91 Å². The molecular formula is C14H19N4O2+. The number of amides is 1. The molecule has 20 heavy (non-hydrogen) atoms. The molecule has 2 heterocycles. The average Bonchev–Trinajstić information content (AvgIpc) is 2.93. The minimum Gasteiger partial charge on any atom is -0.463 e. The van der Waals surface area contributed by atoms with Crippen LogP contribution >= 0.6 is 0 Å². The van der Waals surface area contributed by atoms with E-state index in [2.05, 4.69) is 15.3 Å². The van der Waals surface area contributed by atoms with E-state index in [1.165, 1.54) is 11.1 Å². The Labute approximate surface area is 117 Å². The Morgan fingerprint density at radius 1 is 1.40 bits per heavy atom. The highest BCUT2D eigenvalue weighted by Gasteiger charge is 2.21. The molecule has 0 saturated carbocycles. The molecule has 6 heteroatoms. The third kappa shape index (κ3) is 3.42. The number of hydrogen-bond donors (Lipinski definition) is 2. The first-order valence-electron chi connectivity index (χ1n) is 6.48. The number of quaternary nitrogens is 1. The van der Waals surface area contributed by atoms with Gasteiger partial charge >= 0.3 is 0 Å². The summed E-state index contributed by atoms with van der Waals surface area (Å²) in [5.74, 6) is 0.621. The van der Waals surface area contributed by atoms with Gasteiger partial charge in [-0.15, -0.1) is 0 Å². The van der Waals surface area contributed by atoms with Gasteiger partial charge in [-0.3, -0.25) is 9.78 Å². The third-order valence-electron chi connectivity index (χ3n) is 3.06. The molecule has 0 unspecified atom stereocenters.